The summed E-state index contributed by atoms with van der Waals surface area (Å²) in [7, 11) is 1.40. The van der Waals surface area contributed by atoms with Gasteiger partial charge in [-0.1, -0.05) is 13.8 Å². The van der Waals surface area contributed by atoms with E-state index < -0.39 is 22.6 Å². The fourth-order valence-electron chi connectivity index (χ4n) is 2.81. The van der Waals surface area contributed by atoms with Gasteiger partial charge in [-0.15, -0.1) is 0 Å². The van der Waals surface area contributed by atoms with Crippen molar-refractivity contribution in [1.29, 1.82) is 0 Å². The normalized spacial score (nSPS) is 28.9. The molecule has 2 atom stereocenters. The highest BCUT2D eigenvalue weighted by atomic mass is 16.6. The fraction of sp³-hybridized carbons (Fsp3) is 0.867. The molecule has 116 valence electrons. The van der Waals surface area contributed by atoms with Gasteiger partial charge in [0.2, 0.25) is 0 Å². The van der Waals surface area contributed by atoms with Crippen LogP contribution in [-0.4, -0.2) is 30.3 Å². The number of methoxy groups -OCH3 is 1. The van der Waals surface area contributed by atoms with Gasteiger partial charge in [0.1, 0.15) is 5.60 Å². The van der Waals surface area contributed by atoms with Crippen LogP contribution < -0.4 is 5.32 Å². The van der Waals surface area contributed by atoms with Crippen molar-refractivity contribution < 1.29 is 19.1 Å². The smallest absolute Gasteiger partial charge is 0.408 e. The van der Waals surface area contributed by atoms with Gasteiger partial charge in [-0.25, -0.2) is 4.79 Å². The molecule has 1 rings (SSSR count). The average molecular weight is 285 g/mol. The number of alkyl carbamates (subject to hydrolysis) is 1. The van der Waals surface area contributed by atoms with Crippen LogP contribution in [-0.2, 0) is 14.3 Å². The molecule has 1 saturated carbocycles. The summed E-state index contributed by atoms with van der Waals surface area (Å²) in [6.07, 6.45) is 0.976. The molecule has 2 unspecified atom stereocenters. The van der Waals surface area contributed by atoms with Gasteiger partial charge in [-0.05, 0) is 40.5 Å². The third kappa shape index (κ3) is 3.25. The Bertz CT molecular complexity index is 397. The van der Waals surface area contributed by atoms with Crippen molar-refractivity contribution in [2.75, 3.05) is 7.11 Å². The van der Waals surface area contributed by atoms with Crippen LogP contribution in [0.3, 0.4) is 0 Å². The lowest BCUT2D eigenvalue weighted by Gasteiger charge is -2.41. The molecule has 0 radical (unpaired) electrons. The molecule has 0 aromatic rings. The quantitative estimate of drug-likeness (QED) is 0.792. The second-order valence-electron chi connectivity index (χ2n) is 7.30. The van der Waals surface area contributed by atoms with Gasteiger partial charge < -0.3 is 14.8 Å². The Hall–Kier alpha value is -1.26. The third-order valence-electron chi connectivity index (χ3n) is 4.49. The van der Waals surface area contributed by atoms with E-state index in [2.05, 4.69) is 5.32 Å². The van der Waals surface area contributed by atoms with Gasteiger partial charge >= 0.3 is 12.1 Å². The molecule has 0 aliphatic heterocycles. The highest BCUT2D eigenvalue weighted by Crippen LogP contribution is 2.50. The second kappa shape index (κ2) is 5.26. The number of ether oxygens (including phenoxy) is 2. The van der Waals surface area contributed by atoms with Crippen molar-refractivity contribution >= 4 is 12.1 Å². The minimum absolute atomic E-state index is 0.215. The molecule has 0 aromatic carbocycles. The molecule has 0 bridgehead atoms. The summed E-state index contributed by atoms with van der Waals surface area (Å²) >= 11 is 0. The molecule has 0 heterocycles. The van der Waals surface area contributed by atoms with Gasteiger partial charge in [0.25, 0.3) is 0 Å². The van der Waals surface area contributed by atoms with Crippen molar-refractivity contribution in [3.05, 3.63) is 0 Å². The van der Waals surface area contributed by atoms with Crippen LogP contribution in [0.25, 0.3) is 0 Å². The van der Waals surface area contributed by atoms with E-state index in [-0.39, 0.29) is 11.9 Å². The van der Waals surface area contributed by atoms with E-state index in [0.29, 0.717) is 6.42 Å². The molecule has 1 fully saturated rings. The molecule has 0 spiro atoms. The number of carbonyl (C=O) groups excluding carboxylic acids is 2. The zero-order chi connectivity index (χ0) is 15.8. The zero-order valence-corrected chi connectivity index (χ0v) is 13.6. The van der Waals surface area contributed by atoms with Crippen LogP contribution in [0.1, 0.15) is 54.4 Å². The highest BCUT2D eigenvalue weighted by molar-refractivity contribution is 5.75. The fourth-order valence-corrected chi connectivity index (χ4v) is 2.81. The van der Waals surface area contributed by atoms with Crippen molar-refractivity contribution in [1.82, 2.24) is 5.32 Å². The van der Waals surface area contributed by atoms with E-state index in [9.17, 15) is 9.59 Å². The van der Waals surface area contributed by atoms with Gasteiger partial charge in [-0.2, -0.15) is 0 Å². The molecule has 0 aromatic heterocycles. The van der Waals surface area contributed by atoms with Gasteiger partial charge in [-0.3, -0.25) is 4.79 Å². The Morgan fingerprint density at radius 3 is 2.20 bits per heavy atom. The monoisotopic (exact) mass is 285 g/mol. The first-order chi connectivity index (χ1) is 8.93. The van der Waals surface area contributed by atoms with E-state index in [1.54, 1.807) is 0 Å². The highest BCUT2D eigenvalue weighted by Gasteiger charge is 2.55. The van der Waals surface area contributed by atoms with Crippen LogP contribution in [0, 0.1) is 11.3 Å². The number of hydrogen-bond acceptors (Lipinski definition) is 4. The molecule has 1 aliphatic carbocycles. The Morgan fingerprint density at radius 2 is 1.75 bits per heavy atom. The zero-order valence-electron chi connectivity index (χ0n) is 13.6. The first-order valence-electron chi connectivity index (χ1n) is 7.02. The first-order valence-corrected chi connectivity index (χ1v) is 7.02. The maximum atomic E-state index is 12.0. The molecule has 5 nitrogen and oxygen atoms in total. The van der Waals surface area contributed by atoms with Crippen LogP contribution in [0.4, 0.5) is 4.79 Å². The van der Waals surface area contributed by atoms with Crippen molar-refractivity contribution in [3.63, 3.8) is 0 Å². The van der Waals surface area contributed by atoms with Gasteiger partial charge in [0.15, 0.2) is 0 Å². The lowest BCUT2D eigenvalue weighted by molar-refractivity contribution is -0.149. The molecular formula is C15H27NO4. The average Bonchev–Trinajstić information content (AvgIpc) is 2.46. The Kier molecular flexibility index (Phi) is 4.42. The Labute approximate surface area is 121 Å². The summed E-state index contributed by atoms with van der Waals surface area (Å²) in [5, 5.41) is 2.94. The summed E-state index contributed by atoms with van der Waals surface area (Å²) in [6.45, 7) is 11.4. The predicted molar refractivity (Wildman–Crippen MR) is 76.3 cm³/mol. The predicted octanol–water partition coefficient (Wildman–Crippen LogP) is 2.88. The number of esters is 1. The summed E-state index contributed by atoms with van der Waals surface area (Å²) in [5.74, 6) is -0.433. The standard InChI is InChI=1S/C15H27NO4/c1-13(2,3)20-12(18)16-15(6)9-8-10(11(17)19-7)14(15,4)5/h10H,8-9H2,1-7H3,(H,16,18). The second-order valence-corrected chi connectivity index (χ2v) is 7.30. The van der Waals surface area contributed by atoms with E-state index in [4.69, 9.17) is 9.47 Å². The summed E-state index contributed by atoms with van der Waals surface area (Å²) < 4.78 is 10.2. The summed E-state index contributed by atoms with van der Waals surface area (Å²) in [4.78, 5) is 23.9. The van der Waals surface area contributed by atoms with Crippen LogP contribution >= 0.6 is 0 Å². The largest absolute Gasteiger partial charge is 0.469 e. The first kappa shape index (κ1) is 16.8. The number of carbonyl (C=O) groups is 2. The van der Waals surface area contributed by atoms with Crippen molar-refractivity contribution in [2.24, 2.45) is 11.3 Å². The SMILES string of the molecule is COC(=O)C1CCC(C)(NC(=O)OC(C)(C)C)C1(C)C. The molecular weight excluding hydrogens is 258 g/mol. The summed E-state index contributed by atoms with van der Waals surface area (Å²) in [5.41, 5.74) is -1.42. The maximum Gasteiger partial charge on any atom is 0.408 e. The summed E-state index contributed by atoms with van der Waals surface area (Å²) in [6, 6.07) is 0. The van der Waals surface area contributed by atoms with Crippen LogP contribution in [0.15, 0.2) is 0 Å². The maximum absolute atomic E-state index is 12.0. The topological polar surface area (TPSA) is 64.6 Å². The minimum Gasteiger partial charge on any atom is -0.469 e. The number of rotatable bonds is 2. The molecule has 20 heavy (non-hydrogen) atoms. The van der Waals surface area contributed by atoms with Crippen LogP contribution in [0.2, 0.25) is 0 Å². The molecule has 1 amide bonds. The number of nitrogens with one attached hydrogen (secondary N) is 1. The van der Waals surface area contributed by atoms with E-state index in [1.165, 1.54) is 7.11 Å². The molecule has 5 heteroatoms. The minimum atomic E-state index is -0.537. The van der Waals surface area contributed by atoms with Crippen molar-refractivity contribution in [3.8, 4) is 0 Å². The lowest BCUT2D eigenvalue weighted by Crippen LogP contribution is -2.56. The van der Waals surface area contributed by atoms with Crippen molar-refractivity contribution in [2.45, 2.75) is 65.5 Å². The molecule has 1 N–H and O–H groups in total. The number of amides is 1. The van der Waals surface area contributed by atoms with Gasteiger partial charge in [0, 0.05) is 11.0 Å². The third-order valence-corrected chi connectivity index (χ3v) is 4.49. The van der Waals surface area contributed by atoms with E-state index >= 15 is 0 Å². The lowest BCUT2D eigenvalue weighted by atomic mass is 9.71. The molecule has 1 aliphatic rings. The van der Waals surface area contributed by atoms with E-state index in [1.807, 2.05) is 41.5 Å². The van der Waals surface area contributed by atoms with Crippen LogP contribution in [0.5, 0.6) is 0 Å². The molecule has 0 saturated heterocycles. The van der Waals surface area contributed by atoms with E-state index in [0.717, 1.165) is 6.42 Å². The number of hydrogen-bond donors (Lipinski definition) is 1. The van der Waals surface area contributed by atoms with Gasteiger partial charge in [0.05, 0.1) is 13.0 Å². The Balaban J connectivity index is 2.84. The Morgan fingerprint density at radius 1 is 1.20 bits per heavy atom.